The van der Waals surface area contributed by atoms with Gasteiger partial charge in [-0.3, -0.25) is 14.5 Å². The number of alkyl halides is 3. The van der Waals surface area contributed by atoms with Crippen LogP contribution in [-0.2, 0) is 11.0 Å². The summed E-state index contributed by atoms with van der Waals surface area (Å²) in [4.78, 5) is 32.4. The number of aryl methyl sites for hydroxylation is 1. The third-order valence-corrected chi connectivity index (χ3v) is 5.52. The van der Waals surface area contributed by atoms with Gasteiger partial charge in [0.1, 0.15) is 10.8 Å². The van der Waals surface area contributed by atoms with Crippen LogP contribution in [0.5, 0.6) is 0 Å². The number of nitrogens with zero attached hydrogens (tertiary/aromatic N) is 6. The van der Waals surface area contributed by atoms with Crippen LogP contribution in [-0.4, -0.2) is 63.5 Å². The summed E-state index contributed by atoms with van der Waals surface area (Å²) in [5.74, 6) is 0.630. The van der Waals surface area contributed by atoms with E-state index in [4.69, 9.17) is 16.1 Å². The Morgan fingerprint density at radius 2 is 1.94 bits per heavy atom. The van der Waals surface area contributed by atoms with Gasteiger partial charge in [0, 0.05) is 38.4 Å². The number of nitrogens with one attached hydrogen (secondary N) is 1. The number of amides is 1. The number of hydrogen-bond donors (Lipinski definition) is 1. The zero-order valence-corrected chi connectivity index (χ0v) is 18.6. The molecule has 0 atom stereocenters. The van der Waals surface area contributed by atoms with E-state index >= 15 is 0 Å². The van der Waals surface area contributed by atoms with E-state index in [9.17, 15) is 22.8 Å². The molecule has 14 heteroatoms. The van der Waals surface area contributed by atoms with E-state index in [-0.39, 0.29) is 23.3 Å². The Bertz CT molecular complexity index is 1240. The van der Waals surface area contributed by atoms with E-state index in [0.717, 1.165) is 16.8 Å². The molecule has 1 saturated heterocycles. The molecule has 3 aromatic rings. The first-order chi connectivity index (χ1) is 16.1. The molecule has 180 valence electrons. The zero-order chi connectivity index (χ0) is 24.5. The first-order valence-corrected chi connectivity index (χ1v) is 10.5. The van der Waals surface area contributed by atoms with Crippen molar-refractivity contribution in [3.8, 4) is 5.82 Å². The van der Waals surface area contributed by atoms with Crippen LogP contribution in [0.2, 0.25) is 5.02 Å². The number of pyridine rings is 1. The second-order valence-electron chi connectivity index (χ2n) is 7.60. The average Bonchev–Trinajstić information content (AvgIpc) is 3.20. The summed E-state index contributed by atoms with van der Waals surface area (Å²) in [6.07, 6.45) is -2.54. The Kier molecular flexibility index (Phi) is 6.57. The van der Waals surface area contributed by atoms with Crippen molar-refractivity contribution in [3.05, 3.63) is 57.3 Å². The van der Waals surface area contributed by atoms with Crippen LogP contribution in [0, 0.1) is 6.92 Å². The van der Waals surface area contributed by atoms with Gasteiger partial charge >= 0.3 is 6.18 Å². The summed E-state index contributed by atoms with van der Waals surface area (Å²) < 4.78 is 44.0. The fraction of sp³-hybridized carbons (Fsp3) is 0.350. The largest absolute Gasteiger partial charge is 0.417 e. The summed E-state index contributed by atoms with van der Waals surface area (Å²) in [6.45, 7) is 3.92. The van der Waals surface area contributed by atoms with Gasteiger partial charge in [0.2, 0.25) is 5.91 Å². The van der Waals surface area contributed by atoms with E-state index in [0.29, 0.717) is 49.6 Å². The molecule has 1 fully saturated rings. The molecule has 0 aliphatic carbocycles. The lowest BCUT2D eigenvalue weighted by Crippen LogP contribution is -2.49. The third kappa shape index (κ3) is 5.20. The standard InChI is InChI=1S/C20H19ClF3N7O3/c1-12-8-15(28-34-12)27-17(32)11-29-4-6-30(7-5-29)14-10-26-31(19(33)18(14)21)16-3-2-13(9-25-16)20(22,23)24/h2-3,8-10H,4-7,11H2,1H3,(H,27,28,32). The molecule has 0 unspecified atom stereocenters. The van der Waals surface area contributed by atoms with Gasteiger partial charge in [0.25, 0.3) is 5.56 Å². The Labute approximate surface area is 195 Å². The van der Waals surface area contributed by atoms with Crippen molar-refractivity contribution in [1.29, 1.82) is 0 Å². The van der Waals surface area contributed by atoms with Crippen LogP contribution < -0.4 is 15.8 Å². The van der Waals surface area contributed by atoms with Crippen LogP contribution in [0.15, 0.2) is 39.9 Å². The molecule has 1 aliphatic heterocycles. The zero-order valence-electron chi connectivity index (χ0n) is 17.8. The van der Waals surface area contributed by atoms with Crippen LogP contribution in [0.25, 0.3) is 5.82 Å². The number of rotatable bonds is 5. The molecule has 1 amide bonds. The highest BCUT2D eigenvalue weighted by Crippen LogP contribution is 2.29. The molecule has 0 radical (unpaired) electrons. The topological polar surface area (TPSA) is 109 Å². The fourth-order valence-electron chi connectivity index (χ4n) is 3.44. The lowest BCUT2D eigenvalue weighted by atomic mass is 10.2. The van der Waals surface area contributed by atoms with Gasteiger partial charge in [-0.15, -0.1) is 0 Å². The number of aromatic nitrogens is 4. The third-order valence-electron chi connectivity index (χ3n) is 5.17. The predicted octanol–water partition coefficient (Wildman–Crippen LogP) is 2.36. The summed E-state index contributed by atoms with van der Waals surface area (Å²) in [6, 6.07) is 3.49. The number of hydrogen-bond acceptors (Lipinski definition) is 8. The Hall–Kier alpha value is -3.45. The number of anilines is 2. The van der Waals surface area contributed by atoms with Gasteiger partial charge in [-0.2, -0.15) is 23.0 Å². The van der Waals surface area contributed by atoms with Crippen molar-refractivity contribution in [3.63, 3.8) is 0 Å². The summed E-state index contributed by atoms with van der Waals surface area (Å²) >= 11 is 6.28. The first-order valence-electron chi connectivity index (χ1n) is 10.1. The lowest BCUT2D eigenvalue weighted by molar-refractivity contribution is -0.137. The summed E-state index contributed by atoms with van der Waals surface area (Å²) in [7, 11) is 0. The second kappa shape index (κ2) is 9.43. The maximum atomic E-state index is 12.7. The van der Waals surface area contributed by atoms with Gasteiger partial charge in [0.05, 0.1) is 24.0 Å². The van der Waals surface area contributed by atoms with Crippen LogP contribution in [0.4, 0.5) is 24.7 Å². The van der Waals surface area contributed by atoms with Crippen molar-refractivity contribution in [1.82, 2.24) is 24.8 Å². The Balaban J connectivity index is 1.39. The number of halogens is 4. The van der Waals surface area contributed by atoms with E-state index in [1.54, 1.807) is 13.0 Å². The smallest absolute Gasteiger partial charge is 0.366 e. The van der Waals surface area contributed by atoms with Crippen molar-refractivity contribution in [2.24, 2.45) is 0 Å². The highest BCUT2D eigenvalue weighted by molar-refractivity contribution is 6.33. The highest BCUT2D eigenvalue weighted by atomic mass is 35.5. The van der Waals surface area contributed by atoms with Gasteiger partial charge in [-0.25, -0.2) is 4.98 Å². The van der Waals surface area contributed by atoms with E-state index in [1.807, 2.05) is 9.80 Å². The SMILES string of the molecule is Cc1cc(NC(=O)CN2CCN(c3cnn(-c4ccc(C(F)(F)F)cn4)c(=O)c3Cl)CC2)no1. The molecular weight excluding hydrogens is 479 g/mol. The average molecular weight is 498 g/mol. The normalized spacial score (nSPS) is 14.9. The van der Waals surface area contributed by atoms with Crippen molar-refractivity contribution < 1.29 is 22.5 Å². The fourth-order valence-corrected chi connectivity index (χ4v) is 3.69. The van der Waals surface area contributed by atoms with Gasteiger partial charge in [-0.05, 0) is 19.1 Å². The Morgan fingerprint density at radius 1 is 1.21 bits per heavy atom. The highest BCUT2D eigenvalue weighted by Gasteiger charge is 2.31. The van der Waals surface area contributed by atoms with E-state index < -0.39 is 17.3 Å². The quantitative estimate of drug-likeness (QED) is 0.572. The maximum Gasteiger partial charge on any atom is 0.417 e. The minimum absolute atomic E-state index is 0.0791. The van der Waals surface area contributed by atoms with E-state index in [2.05, 4.69) is 20.6 Å². The molecule has 0 saturated carbocycles. The molecule has 4 rings (SSSR count). The van der Waals surface area contributed by atoms with E-state index in [1.165, 1.54) is 6.20 Å². The molecule has 0 spiro atoms. The minimum Gasteiger partial charge on any atom is -0.366 e. The van der Waals surface area contributed by atoms with Crippen molar-refractivity contribution in [2.75, 3.05) is 42.9 Å². The molecule has 4 heterocycles. The molecular formula is C20H19ClF3N7O3. The van der Waals surface area contributed by atoms with Crippen LogP contribution >= 0.6 is 11.6 Å². The maximum absolute atomic E-state index is 12.7. The summed E-state index contributed by atoms with van der Waals surface area (Å²) in [5.41, 5.74) is -1.23. The number of carbonyl (C=O) groups is 1. The number of piperazine rings is 1. The molecule has 0 aromatic carbocycles. The molecule has 0 bridgehead atoms. The lowest BCUT2D eigenvalue weighted by Gasteiger charge is -2.35. The first kappa shape index (κ1) is 23.7. The summed E-state index contributed by atoms with van der Waals surface area (Å²) in [5, 5.41) is 10.3. The molecule has 1 aliphatic rings. The molecule has 3 aromatic heterocycles. The predicted molar refractivity (Wildman–Crippen MR) is 116 cm³/mol. The van der Waals surface area contributed by atoms with Crippen molar-refractivity contribution >= 4 is 29.0 Å². The minimum atomic E-state index is -4.54. The van der Waals surface area contributed by atoms with Gasteiger partial charge in [-0.1, -0.05) is 16.8 Å². The van der Waals surface area contributed by atoms with Gasteiger partial charge in [0.15, 0.2) is 11.6 Å². The van der Waals surface area contributed by atoms with Crippen LogP contribution in [0.1, 0.15) is 11.3 Å². The molecule has 34 heavy (non-hydrogen) atoms. The molecule has 10 nitrogen and oxygen atoms in total. The number of carbonyl (C=O) groups excluding carboxylic acids is 1. The van der Waals surface area contributed by atoms with Gasteiger partial charge < -0.3 is 14.7 Å². The molecule has 1 N–H and O–H groups in total. The Morgan fingerprint density at radius 3 is 2.53 bits per heavy atom. The van der Waals surface area contributed by atoms with Crippen molar-refractivity contribution in [2.45, 2.75) is 13.1 Å². The second-order valence-corrected chi connectivity index (χ2v) is 7.98. The monoisotopic (exact) mass is 497 g/mol. The van der Waals surface area contributed by atoms with Crippen LogP contribution in [0.3, 0.4) is 0 Å².